The Morgan fingerprint density at radius 2 is 1.46 bits per heavy atom. The van der Waals surface area contributed by atoms with E-state index in [4.69, 9.17) is 5.11 Å². The van der Waals surface area contributed by atoms with Crippen LogP contribution in [0.3, 0.4) is 0 Å². The molecule has 4 heteroatoms. The highest BCUT2D eigenvalue weighted by Gasteiger charge is 2.16. The van der Waals surface area contributed by atoms with Gasteiger partial charge in [-0.3, -0.25) is 9.59 Å². The summed E-state index contributed by atoms with van der Waals surface area (Å²) in [6.07, 6.45) is 0.722. The van der Waals surface area contributed by atoms with E-state index in [1.54, 1.807) is 62.4 Å². The minimum Gasteiger partial charge on any atom is -0.481 e. The summed E-state index contributed by atoms with van der Waals surface area (Å²) in [6, 6.07) is 15.7. The number of aliphatic carboxylic acids is 1. The second kappa shape index (κ2) is 10.3. The van der Waals surface area contributed by atoms with Gasteiger partial charge in [-0.1, -0.05) is 62.4 Å². The van der Waals surface area contributed by atoms with Crippen LogP contribution in [0.1, 0.15) is 61.5 Å². The number of rotatable bonds is 6. The van der Waals surface area contributed by atoms with Crippen molar-refractivity contribution < 1.29 is 19.5 Å². The second-order valence-corrected chi connectivity index (χ2v) is 6.68. The zero-order chi connectivity index (χ0) is 19.7. The van der Waals surface area contributed by atoms with Crippen LogP contribution in [-0.4, -0.2) is 22.6 Å². The van der Waals surface area contributed by atoms with Gasteiger partial charge in [-0.15, -0.1) is 0 Å². The number of carboxylic acid groups (broad SMARTS) is 1. The summed E-state index contributed by atoms with van der Waals surface area (Å²) in [4.78, 5) is 33.5. The fourth-order valence-corrected chi connectivity index (χ4v) is 2.42. The fourth-order valence-electron chi connectivity index (χ4n) is 2.42. The van der Waals surface area contributed by atoms with E-state index >= 15 is 0 Å². The van der Waals surface area contributed by atoms with Gasteiger partial charge in [0.25, 0.3) is 0 Å². The number of ketones is 2. The molecule has 0 amide bonds. The molecule has 138 valence electrons. The third-order valence-corrected chi connectivity index (χ3v) is 3.75. The minimum absolute atomic E-state index is 0.0972. The minimum atomic E-state index is -0.899. The standard InChI is InChI=1S/C16H14O3.C6H12O/c1-11(16(18)19)13-8-5-9-14(10-13)15(17)12-6-3-2-4-7-12;1-5(2)4-6(3)7/h2-11H,1H3,(H,18,19);5H,4H2,1-3H3. The highest BCUT2D eigenvalue weighted by atomic mass is 16.4. The summed E-state index contributed by atoms with van der Waals surface area (Å²) in [5, 5.41) is 9.00. The molecule has 1 unspecified atom stereocenters. The Morgan fingerprint density at radius 3 is 1.92 bits per heavy atom. The van der Waals surface area contributed by atoms with E-state index in [1.165, 1.54) is 0 Å². The summed E-state index contributed by atoms with van der Waals surface area (Å²) < 4.78 is 0. The first-order chi connectivity index (χ1) is 12.2. The maximum absolute atomic E-state index is 12.2. The van der Waals surface area contributed by atoms with E-state index in [9.17, 15) is 14.4 Å². The third-order valence-electron chi connectivity index (χ3n) is 3.75. The summed E-state index contributed by atoms with van der Waals surface area (Å²) in [5.74, 6) is -0.805. The van der Waals surface area contributed by atoms with Crippen molar-refractivity contribution in [3.63, 3.8) is 0 Å². The van der Waals surface area contributed by atoms with Crippen LogP contribution < -0.4 is 0 Å². The van der Waals surface area contributed by atoms with Gasteiger partial charge >= 0.3 is 5.97 Å². The second-order valence-electron chi connectivity index (χ2n) is 6.68. The zero-order valence-corrected chi connectivity index (χ0v) is 15.7. The van der Waals surface area contributed by atoms with Crippen LogP contribution >= 0.6 is 0 Å². The maximum atomic E-state index is 12.2. The van der Waals surface area contributed by atoms with Crippen LogP contribution in [-0.2, 0) is 9.59 Å². The van der Waals surface area contributed by atoms with Gasteiger partial charge in [-0.2, -0.15) is 0 Å². The van der Waals surface area contributed by atoms with Gasteiger partial charge in [0.15, 0.2) is 5.78 Å². The highest BCUT2D eigenvalue weighted by molar-refractivity contribution is 6.09. The first-order valence-corrected chi connectivity index (χ1v) is 8.64. The number of Topliss-reactive ketones (excluding diaryl/α,β-unsaturated/α-hetero) is 1. The Kier molecular flexibility index (Phi) is 8.43. The van der Waals surface area contributed by atoms with E-state index in [0.717, 1.165) is 6.42 Å². The predicted molar refractivity (Wildman–Crippen MR) is 103 cm³/mol. The molecule has 0 saturated carbocycles. The van der Waals surface area contributed by atoms with E-state index in [2.05, 4.69) is 0 Å². The van der Waals surface area contributed by atoms with Crippen LogP contribution in [0.25, 0.3) is 0 Å². The zero-order valence-electron chi connectivity index (χ0n) is 15.7. The van der Waals surface area contributed by atoms with Crippen molar-refractivity contribution in [3.05, 3.63) is 71.3 Å². The number of carbonyl (C=O) groups excluding carboxylic acids is 2. The average Bonchev–Trinajstić information content (AvgIpc) is 2.60. The molecule has 26 heavy (non-hydrogen) atoms. The third kappa shape index (κ3) is 7.01. The van der Waals surface area contributed by atoms with Crippen molar-refractivity contribution in [2.75, 3.05) is 0 Å². The van der Waals surface area contributed by atoms with Crippen molar-refractivity contribution in [2.45, 2.75) is 40.0 Å². The molecule has 2 rings (SSSR count). The van der Waals surface area contributed by atoms with Crippen molar-refractivity contribution in [3.8, 4) is 0 Å². The molecule has 0 heterocycles. The van der Waals surface area contributed by atoms with E-state index in [-0.39, 0.29) is 11.6 Å². The largest absolute Gasteiger partial charge is 0.481 e. The van der Waals surface area contributed by atoms with Gasteiger partial charge in [-0.25, -0.2) is 0 Å². The molecule has 1 N–H and O–H groups in total. The molecular weight excluding hydrogens is 328 g/mol. The quantitative estimate of drug-likeness (QED) is 0.762. The summed E-state index contributed by atoms with van der Waals surface area (Å²) >= 11 is 0. The fraction of sp³-hybridized carbons (Fsp3) is 0.318. The molecule has 2 aromatic carbocycles. The topological polar surface area (TPSA) is 71.4 Å². The van der Waals surface area contributed by atoms with E-state index in [1.807, 2.05) is 19.9 Å². The van der Waals surface area contributed by atoms with Gasteiger partial charge in [0.05, 0.1) is 5.92 Å². The SMILES string of the molecule is CC(=O)CC(C)C.CC(C(=O)O)c1cccc(C(=O)c2ccccc2)c1. The average molecular weight is 354 g/mol. The summed E-state index contributed by atoms with van der Waals surface area (Å²) in [7, 11) is 0. The first-order valence-electron chi connectivity index (χ1n) is 8.64. The van der Waals surface area contributed by atoms with Crippen molar-refractivity contribution in [1.29, 1.82) is 0 Å². The molecule has 4 nitrogen and oxygen atoms in total. The highest BCUT2D eigenvalue weighted by Crippen LogP contribution is 2.18. The molecule has 0 fully saturated rings. The molecule has 0 radical (unpaired) electrons. The lowest BCUT2D eigenvalue weighted by atomic mass is 9.96. The van der Waals surface area contributed by atoms with Crippen molar-refractivity contribution in [1.82, 2.24) is 0 Å². The smallest absolute Gasteiger partial charge is 0.310 e. The molecule has 0 spiro atoms. The Hall–Kier alpha value is -2.75. The van der Waals surface area contributed by atoms with Crippen molar-refractivity contribution in [2.24, 2.45) is 5.92 Å². The molecule has 0 aliphatic rings. The van der Waals surface area contributed by atoms with Crippen LogP contribution in [0.5, 0.6) is 0 Å². The monoisotopic (exact) mass is 354 g/mol. The van der Waals surface area contributed by atoms with Crippen LogP contribution in [0, 0.1) is 5.92 Å². The Morgan fingerprint density at radius 1 is 0.885 bits per heavy atom. The maximum Gasteiger partial charge on any atom is 0.310 e. The van der Waals surface area contributed by atoms with Crippen LogP contribution in [0.4, 0.5) is 0 Å². The Balaban J connectivity index is 0.000000412. The lowest BCUT2D eigenvalue weighted by Gasteiger charge is -2.08. The van der Waals surface area contributed by atoms with Crippen LogP contribution in [0.2, 0.25) is 0 Å². The molecular formula is C22H26O4. The molecule has 0 aliphatic heterocycles. The molecule has 0 bridgehead atoms. The van der Waals surface area contributed by atoms with Gasteiger partial charge < -0.3 is 9.90 Å². The number of benzene rings is 2. The number of carboxylic acids is 1. The van der Waals surface area contributed by atoms with Gasteiger partial charge in [-0.05, 0) is 31.4 Å². The molecule has 2 aromatic rings. The van der Waals surface area contributed by atoms with E-state index in [0.29, 0.717) is 22.6 Å². The molecule has 0 saturated heterocycles. The number of carbonyl (C=O) groups is 3. The Bertz CT molecular complexity index is 748. The Labute approximate surface area is 154 Å². The molecule has 0 aliphatic carbocycles. The molecule has 1 atom stereocenters. The van der Waals surface area contributed by atoms with Crippen LogP contribution in [0.15, 0.2) is 54.6 Å². The number of hydrogen-bond acceptors (Lipinski definition) is 3. The van der Waals surface area contributed by atoms with Gasteiger partial charge in [0, 0.05) is 17.5 Å². The number of hydrogen-bond donors (Lipinski definition) is 1. The predicted octanol–water partition coefficient (Wildman–Crippen LogP) is 4.73. The van der Waals surface area contributed by atoms with Crippen molar-refractivity contribution >= 4 is 17.5 Å². The summed E-state index contributed by atoms with van der Waals surface area (Å²) in [5.41, 5.74) is 1.74. The van der Waals surface area contributed by atoms with Gasteiger partial charge in [0.1, 0.15) is 5.78 Å². The lowest BCUT2D eigenvalue weighted by Crippen LogP contribution is -2.09. The van der Waals surface area contributed by atoms with Gasteiger partial charge in [0.2, 0.25) is 0 Å². The first kappa shape index (κ1) is 21.3. The van der Waals surface area contributed by atoms with E-state index < -0.39 is 11.9 Å². The summed E-state index contributed by atoms with van der Waals surface area (Å²) in [6.45, 7) is 7.32. The molecule has 0 aromatic heterocycles. The normalized spacial score (nSPS) is 11.3. The lowest BCUT2D eigenvalue weighted by molar-refractivity contribution is -0.138.